The van der Waals surface area contributed by atoms with E-state index in [-0.39, 0.29) is 5.82 Å². The van der Waals surface area contributed by atoms with Gasteiger partial charge in [-0.05, 0) is 68.0 Å². The first-order valence-electron chi connectivity index (χ1n) is 7.66. The van der Waals surface area contributed by atoms with Crippen molar-refractivity contribution >= 4 is 0 Å². The molecule has 2 aromatic carbocycles. The molecule has 2 heteroatoms. The van der Waals surface area contributed by atoms with Crippen LogP contribution in [0.3, 0.4) is 0 Å². The Bertz CT molecular complexity index is 663. The molecule has 0 aromatic heterocycles. The van der Waals surface area contributed by atoms with E-state index in [1.54, 1.807) is 12.1 Å². The number of hydrogen-bond donors (Lipinski definition) is 1. The quantitative estimate of drug-likeness (QED) is 0.854. The standard InChI is InChI=1S/C19H22FN/c1-12-4-7-17(13(2)10-12)14(3)21-19-9-5-15-11-16(20)6-8-18(15)19/h4,6-8,10-11,14,19,21H,5,9H2,1-3H3. The molecule has 2 unspecified atom stereocenters. The van der Waals surface area contributed by atoms with E-state index >= 15 is 0 Å². The van der Waals surface area contributed by atoms with Gasteiger partial charge in [0, 0.05) is 12.1 Å². The predicted molar refractivity (Wildman–Crippen MR) is 84.9 cm³/mol. The summed E-state index contributed by atoms with van der Waals surface area (Å²) in [5, 5.41) is 3.71. The molecule has 3 rings (SSSR count). The number of halogens is 1. The van der Waals surface area contributed by atoms with Crippen molar-refractivity contribution in [1.82, 2.24) is 5.32 Å². The van der Waals surface area contributed by atoms with Gasteiger partial charge in [-0.15, -0.1) is 0 Å². The molecule has 1 aliphatic rings. The Morgan fingerprint density at radius 1 is 1.14 bits per heavy atom. The average Bonchev–Trinajstić information content (AvgIpc) is 2.80. The first-order chi connectivity index (χ1) is 10.0. The van der Waals surface area contributed by atoms with Crippen LogP contribution in [0.25, 0.3) is 0 Å². The van der Waals surface area contributed by atoms with Gasteiger partial charge in [0.05, 0.1) is 0 Å². The van der Waals surface area contributed by atoms with Gasteiger partial charge in [0.25, 0.3) is 0 Å². The van der Waals surface area contributed by atoms with Gasteiger partial charge in [0.1, 0.15) is 5.82 Å². The van der Waals surface area contributed by atoms with Crippen molar-refractivity contribution in [2.45, 2.75) is 45.7 Å². The minimum atomic E-state index is -0.128. The summed E-state index contributed by atoms with van der Waals surface area (Å²) in [5.74, 6) is -0.128. The van der Waals surface area contributed by atoms with E-state index in [9.17, 15) is 4.39 Å². The second-order valence-corrected chi connectivity index (χ2v) is 6.18. The molecule has 0 bridgehead atoms. The monoisotopic (exact) mass is 283 g/mol. The Morgan fingerprint density at radius 2 is 1.95 bits per heavy atom. The summed E-state index contributed by atoms with van der Waals surface area (Å²) < 4.78 is 13.3. The lowest BCUT2D eigenvalue weighted by Crippen LogP contribution is -2.23. The smallest absolute Gasteiger partial charge is 0.123 e. The maximum absolute atomic E-state index is 13.3. The zero-order chi connectivity index (χ0) is 15.0. The summed E-state index contributed by atoms with van der Waals surface area (Å²) in [5.41, 5.74) is 6.38. The van der Waals surface area contributed by atoms with Crippen molar-refractivity contribution in [3.05, 3.63) is 70.0 Å². The Morgan fingerprint density at radius 3 is 2.71 bits per heavy atom. The third-order valence-corrected chi connectivity index (χ3v) is 4.53. The molecule has 0 aliphatic heterocycles. The Balaban J connectivity index is 1.79. The second kappa shape index (κ2) is 5.61. The fraction of sp³-hybridized carbons (Fsp3) is 0.368. The molecule has 110 valence electrons. The van der Waals surface area contributed by atoms with Gasteiger partial charge >= 0.3 is 0 Å². The number of hydrogen-bond acceptors (Lipinski definition) is 1. The van der Waals surface area contributed by atoms with E-state index in [0.717, 1.165) is 18.4 Å². The minimum Gasteiger partial charge on any atom is -0.303 e. The topological polar surface area (TPSA) is 12.0 Å². The molecule has 0 heterocycles. The molecule has 0 fully saturated rings. The average molecular weight is 283 g/mol. The van der Waals surface area contributed by atoms with Gasteiger partial charge in [0.2, 0.25) is 0 Å². The molecule has 0 spiro atoms. The Labute approximate surface area is 126 Å². The van der Waals surface area contributed by atoms with E-state index in [1.165, 1.54) is 22.3 Å². The van der Waals surface area contributed by atoms with Gasteiger partial charge in [-0.1, -0.05) is 29.8 Å². The highest BCUT2D eigenvalue weighted by Gasteiger charge is 2.24. The summed E-state index contributed by atoms with van der Waals surface area (Å²) in [4.78, 5) is 0. The fourth-order valence-electron chi connectivity index (χ4n) is 3.46. The van der Waals surface area contributed by atoms with Crippen LogP contribution in [0.2, 0.25) is 0 Å². The molecular formula is C19H22FN. The van der Waals surface area contributed by atoms with Crippen molar-refractivity contribution < 1.29 is 4.39 Å². The van der Waals surface area contributed by atoms with Crippen LogP contribution in [0.15, 0.2) is 36.4 Å². The van der Waals surface area contributed by atoms with Crippen molar-refractivity contribution in [3.63, 3.8) is 0 Å². The molecule has 1 nitrogen and oxygen atoms in total. The highest BCUT2D eigenvalue weighted by molar-refractivity contribution is 5.36. The lowest BCUT2D eigenvalue weighted by atomic mass is 9.99. The lowest BCUT2D eigenvalue weighted by Gasteiger charge is -2.22. The second-order valence-electron chi connectivity index (χ2n) is 6.18. The summed E-state index contributed by atoms with van der Waals surface area (Å²) in [6, 6.07) is 12.4. The number of benzene rings is 2. The zero-order valence-corrected chi connectivity index (χ0v) is 12.9. The number of aryl methyl sites for hydroxylation is 3. The van der Waals surface area contributed by atoms with E-state index in [0.29, 0.717) is 12.1 Å². The third kappa shape index (κ3) is 2.86. The number of rotatable bonds is 3. The maximum atomic E-state index is 13.3. The number of nitrogens with one attached hydrogen (secondary N) is 1. The summed E-state index contributed by atoms with van der Waals surface area (Å²) in [6.07, 6.45) is 2.01. The maximum Gasteiger partial charge on any atom is 0.123 e. The molecule has 2 atom stereocenters. The van der Waals surface area contributed by atoms with Gasteiger partial charge in [0.15, 0.2) is 0 Å². The first-order valence-corrected chi connectivity index (χ1v) is 7.66. The molecule has 21 heavy (non-hydrogen) atoms. The van der Waals surface area contributed by atoms with Gasteiger partial charge in [-0.3, -0.25) is 0 Å². The fourth-order valence-corrected chi connectivity index (χ4v) is 3.46. The van der Waals surface area contributed by atoms with Gasteiger partial charge < -0.3 is 5.32 Å². The largest absolute Gasteiger partial charge is 0.303 e. The molecule has 0 saturated carbocycles. The van der Waals surface area contributed by atoms with Crippen LogP contribution in [-0.2, 0) is 6.42 Å². The molecular weight excluding hydrogens is 261 g/mol. The molecule has 1 aliphatic carbocycles. The Kier molecular flexibility index (Phi) is 3.81. The van der Waals surface area contributed by atoms with Gasteiger partial charge in [-0.2, -0.15) is 0 Å². The molecule has 0 radical (unpaired) electrons. The number of fused-ring (bicyclic) bond motifs is 1. The van der Waals surface area contributed by atoms with Crippen molar-refractivity contribution in [1.29, 1.82) is 0 Å². The third-order valence-electron chi connectivity index (χ3n) is 4.53. The van der Waals surface area contributed by atoms with Gasteiger partial charge in [-0.25, -0.2) is 4.39 Å². The highest BCUT2D eigenvalue weighted by Crippen LogP contribution is 2.33. The van der Waals surface area contributed by atoms with Crippen LogP contribution in [0, 0.1) is 19.7 Å². The highest BCUT2D eigenvalue weighted by atomic mass is 19.1. The molecule has 0 amide bonds. The van der Waals surface area contributed by atoms with E-state index < -0.39 is 0 Å². The van der Waals surface area contributed by atoms with Crippen LogP contribution < -0.4 is 5.32 Å². The summed E-state index contributed by atoms with van der Waals surface area (Å²) in [7, 11) is 0. The van der Waals surface area contributed by atoms with E-state index in [1.807, 2.05) is 6.07 Å². The minimum absolute atomic E-state index is 0.128. The zero-order valence-electron chi connectivity index (χ0n) is 12.9. The van der Waals surface area contributed by atoms with Crippen LogP contribution in [0.1, 0.15) is 53.2 Å². The van der Waals surface area contributed by atoms with E-state index in [4.69, 9.17) is 0 Å². The van der Waals surface area contributed by atoms with Crippen LogP contribution in [-0.4, -0.2) is 0 Å². The van der Waals surface area contributed by atoms with Crippen LogP contribution in [0.4, 0.5) is 4.39 Å². The SMILES string of the molecule is Cc1ccc(C(C)NC2CCc3cc(F)ccc32)c(C)c1. The molecule has 1 N–H and O–H groups in total. The van der Waals surface area contributed by atoms with E-state index in [2.05, 4.69) is 44.3 Å². The predicted octanol–water partition coefficient (Wildman–Crippen LogP) is 4.78. The molecule has 0 saturated heterocycles. The lowest BCUT2D eigenvalue weighted by molar-refractivity contribution is 0.463. The van der Waals surface area contributed by atoms with Crippen LogP contribution in [0.5, 0.6) is 0 Å². The first kappa shape index (κ1) is 14.3. The van der Waals surface area contributed by atoms with Crippen LogP contribution >= 0.6 is 0 Å². The van der Waals surface area contributed by atoms with Crippen molar-refractivity contribution in [2.75, 3.05) is 0 Å². The molecule has 2 aromatic rings. The van der Waals surface area contributed by atoms with Crippen molar-refractivity contribution in [3.8, 4) is 0 Å². The van der Waals surface area contributed by atoms with Crippen molar-refractivity contribution in [2.24, 2.45) is 0 Å². The summed E-state index contributed by atoms with van der Waals surface area (Å²) >= 11 is 0. The normalized spacial score (nSPS) is 18.6. The summed E-state index contributed by atoms with van der Waals surface area (Å²) in [6.45, 7) is 6.49. The Hall–Kier alpha value is -1.67.